The van der Waals surface area contributed by atoms with Crippen molar-refractivity contribution in [2.24, 2.45) is 5.73 Å². The van der Waals surface area contributed by atoms with Crippen molar-refractivity contribution >= 4 is 23.8 Å². The minimum absolute atomic E-state index is 0.0520. The monoisotopic (exact) mass is 615 g/mol. The predicted molar refractivity (Wildman–Crippen MR) is 154 cm³/mol. The van der Waals surface area contributed by atoms with E-state index in [-0.39, 0.29) is 36.1 Å². The SMILES string of the molecule is CC(=O)NC(CCCCN)C(=O)O[C@@H](C)C(=O)O[C@@H](C)C(=O)OC1=CC[C@@]2(O)[C@H]3Cc4ccc(O)c5c4[C@@]2(CCN3C)[C@H]1O5. The number of benzene rings is 1. The average molecular weight is 616 g/mol. The molecule has 1 aromatic rings. The van der Waals surface area contributed by atoms with Crippen LogP contribution in [0.1, 0.15) is 64.0 Å². The lowest BCUT2D eigenvalue weighted by Gasteiger charge is -2.61. The van der Waals surface area contributed by atoms with E-state index in [0.717, 1.165) is 11.1 Å². The highest BCUT2D eigenvalue weighted by Gasteiger charge is 2.72. The number of nitrogens with zero attached hydrogens (tertiary/aromatic N) is 1. The summed E-state index contributed by atoms with van der Waals surface area (Å²) in [6.45, 7) is 5.01. The molecule has 1 saturated heterocycles. The van der Waals surface area contributed by atoms with Gasteiger partial charge in [-0.25, -0.2) is 14.4 Å². The van der Waals surface area contributed by atoms with E-state index in [1.165, 1.54) is 20.8 Å². The molecule has 4 aliphatic rings. The Labute approximate surface area is 255 Å². The lowest BCUT2D eigenvalue weighted by atomic mass is 9.50. The number of likely N-dealkylation sites (tertiary alicyclic amines) is 1. The number of hydrogen-bond acceptors (Lipinski definition) is 12. The van der Waals surface area contributed by atoms with E-state index in [1.807, 2.05) is 13.1 Å². The first-order valence-electron chi connectivity index (χ1n) is 15.1. The van der Waals surface area contributed by atoms with Gasteiger partial charge in [0, 0.05) is 24.9 Å². The van der Waals surface area contributed by atoms with Crippen molar-refractivity contribution < 1.29 is 48.3 Å². The maximum atomic E-state index is 13.2. The number of likely N-dealkylation sites (N-methyl/N-ethyl adjacent to an activating group) is 1. The van der Waals surface area contributed by atoms with E-state index in [4.69, 9.17) is 24.7 Å². The number of nitrogens with two attached hydrogens (primary N) is 1. The van der Waals surface area contributed by atoms with Crippen LogP contribution in [0.3, 0.4) is 0 Å². The van der Waals surface area contributed by atoms with Gasteiger partial charge in [-0.15, -0.1) is 0 Å². The van der Waals surface area contributed by atoms with Crippen molar-refractivity contribution in [2.45, 2.75) is 101 Å². The van der Waals surface area contributed by atoms with Crippen LogP contribution < -0.4 is 15.8 Å². The summed E-state index contributed by atoms with van der Waals surface area (Å²) >= 11 is 0. The van der Waals surface area contributed by atoms with Crippen LogP contribution in [0.4, 0.5) is 0 Å². The van der Waals surface area contributed by atoms with Crippen molar-refractivity contribution in [3.05, 3.63) is 35.1 Å². The van der Waals surface area contributed by atoms with Crippen molar-refractivity contribution in [1.82, 2.24) is 10.2 Å². The van der Waals surface area contributed by atoms with Gasteiger partial charge in [0.2, 0.25) is 5.91 Å². The van der Waals surface area contributed by atoms with Gasteiger partial charge in [0.25, 0.3) is 0 Å². The topological polar surface area (TPSA) is 187 Å². The van der Waals surface area contributed by atoms with Crippen LogP contribution in [-0.4, -0.2) is 95.1 Å². The molecule has 5 N–H and O–H groups in total. The Morgan fingerprint density at radius 3 is 2.55 bits per heavy atom. The molecule has 7 atom stereocenters. The van der Waals surface area contributed by atoms with Crippen LogP contribution in [0.5, 0.6) is 11.5 Å². The summed E-state index contributed by atoms with van der Waals surface area (Å²) < 4.78 is 22.5. The Bertz CT molecular complexity index is 1380. The van der Waals surface area contributed by atoms with E-state index in [0.29, 0.717) is 38.8 Å². The van der Waals surface area contributed by atoms with Gasteiger partial charge in [-0.3, -0.25) is 4.79 Å². The number of ether oxygens (including phenoxy) is 4. The summed E-state index contributed by atoms with van der Waals surface area (Å²) in [5.74, 6) is -2.68. The van der Waals surface area contributed by atoms with Crippen LogP contribution in [-0.2, 0) is 45.2 Å². The van der Waals surface area contributed by atoms with Crippen molar-refractivity contribution in [1.29, 1.82) is 0 Å². The molecule has 13 nitrogen and oxygen atoms in total. The molecule has 5 rings (SSSR count). The molecular weight excluding hydrogens is 574 g/mol. The maximum absolute atomic E-state index is 13.2. The number of hydrogen-bond donors (Lipinski definition) is 4. The van der Waals surface area contributed by atoms with Gasteiger partial charge in [-0.2, -0.15) is 0 Å². The molecule has 2 aliphatic heterocycles. The lowest BCUT2D eigenvalue weighted by molar-refractivity contribution is -0.180. The number of esters is 3. The highest BCUT2D eigenvalue weighted by molar-refractivity contribution is 5.86. The van der Waals surface area contributed by atoms with E-state index in [1.54, 1.807) is 12.1 Å². The van der Waals surface area contributed by atoms with Crippen LogP contribution in [0, 0.1) is 0 Å². The molecule has 240 valence electrons. The van der Waals surface area contributed by atoms with E-state index < -0.39 is 59.2 Å². The Kier molecular flexibility index (Phi) is 8.67. The van der Waals surface area contributed by atoms with Gasteiger partial charge in [0.1, 0.15) is 11.8 Å². The van der Waals surface area contributed by atoms with Gasteiger partial charge in [-0.05, 0) is 83.8 Å². The number of aliphatic hydroxyl groups is 1. The molecule has 1 aromatic carbocycles. The molecule has 2 heterocycles. The average Bonchev–Trinajstić information content (AvgIpc) is 3.33. The molecule has 44 heavy (non-hydrogen) atoms. The number of unbranched alkanes of at least 4 members (excludes halogenated alkanes) is 1. The molecule has 1 spiro atoms. The first-order valence-corrected chi connectivity index (χ1v) is 15.1. The number of carbonyl (C=O) groups excluding carboxylic acids is 4. The third-order valence-corrected chi connectivity index (χ3v) is 9.43. The second-order valence-corrected chi connectivity index (χ2v) is 12.2. The first kappa shape index (κ1) is 31.7. The minimum Gasteiger partial charge on any atom is -0.504 e. The maximum Gasteiger partial charge on any atom is 0.352 e. The predicted octanol–water partition coefficient (Wildman–Crippen LogP) is 0.710. The van der Waals surface area contributed by atoms with Crippen molar-refractivity contribution in [3.8, 4) is 11.5 Å². The summed E-state index contributed by atoms with van der Waals surface area (Å²) in [6.07, 6.45) is 0.821. The lowest BCUT2D eigenvalue weighted by Crippen LogP contribution is -2.74. The highest BCUT2D eigenvalue weighted by atomic mass is 16.6. The minimum atomic E-state index is -1.37. The van der Waals surface area contributed by atoms with Crippen LogP contribution in [0.25, 0.3) is 0 Å². The molecule has 2 bridgehead atoms. The number of carbonyl (C=O) groups is 4. The number of rotatable bonds is 11. The Morgan fingerprint density at radius 2 is 1.84 bits per heavy atom. The zero-order chi connectivity index (χ0) is 32.0. The molecule has 2 aliphatic carbocycles. The number of amides is 1. The van der Waals surface area contributed by atoms with Crippen LogP contribution >= 0.6 is 0 Å². The van der Waals surface area contributed by atoms with Crippen molar-refractivity contribution in [2.75, 3.05) is 20.1 Å². The molecule has 0 radical (unpaired) electrons. The standard InChI is InChI=1S/C31H41N3O10/c1-16(42-29(39)20(33-18(3)35)7-5-6-13-32)27(37)41-17(2)28(38)43-22-10-11-31(40)23-15-19-8-9-21(36)25-24(19)30(31,26(22)44-25)12-14-34(23)4/h8-10,16-17,20,23,26,36,40H,5-7,11-15,32H2,1-4H3,(H,33,35)/t16-,17-,20?,23+,26-,30-,31+/m0/s1. The second kappa shape index (κ2) is 12.0. The van der Waals surface area contributed by atoms with Crippen LogP contribution in [0.2, 0.25) is 0 Å². The third-order valence-electron chi connectivity index (χ3n) is 9.43. The summed E-state index contributed by atoms with van der Waals surface area (Å²) in [5.41, 5.74) is 5.08. The van der Waals surface area contributed by atoms with Gasteiger partial charge in [0.15, 0.2) is 29.8 Å². The number of phenols is 1. The molecule has 13 heteroatoms. The summed E-state index contributed by atoms with van der Waals surface area (Å²) in [7, 11) is 1.97. The number of nitrogens with one attached hydrogen (secondary N) is 1. The van der Waals surface area contributed by atoms with Gasteiger partial charge >= 0.3 is 17.9 Å². The molecule has 1 unspecified atom stereocenters. The Balaban J connectivity index is 1.26. The smallest absolute Gasteiger partial charge is 0.352 e. The molecular formula is C31H41N3O10. The summed E-state index contributed by atoms with van der Waals surface area (Å²) in [5, 5.41) is 25.4. The Morgan fingerprint density at radius 1 is 1.14 bits per heavy atom. The summed E-state index contributed by atoms with van der Waals surface area (Å²) in [4.78, 5) is 52.3. The molecule has 0 aromatic heterocycles. The zero-order valence-corrected chi connectivity index (χ0v) is 25.5. The number of piperidine rings is 1. The van der Waals surface area contributed by atoms with Crippen LogP contribution in [0.15, 0.2) is 24.0 Å². The largest absolute Gasteiger partial charge is 0.504 e. The molecule has 1 fully saturated rings. The van der Waals surface area contributed by atoms with E-state index in [2.05, 4.69) is 10.2 Å². The number of aromatic hydroxyl groups is 1. The fourth-order valence-corrected chi connectivity index (χ4v) is 7.25. The fraction of sp³-hybridized carbons (Fsp3) is 0.613. The molecule has 0 saturated carbocycles. The van der Waals surface area contributed by atoms with E-state index in [9.17, 15) is 29.4 Å². The fourth-order valence-electron chi connectivity index (χ4n) is 7.25. The Hall–Kier alpha value is -3.68. The second-order valence-electron chi connectivity index (χ2n) is 12.2. The summed E-state index contributed by atoms with van der Waals surface area (Å²) in [6, 6.07) is 2.27. The highest BCUT2D eigenvalue weighted by Crippen LogP contribution is 2.65. The first-order chi connectivity index (χ1) is 20.8. The van der Waals surface area contributed by atoms with Gasteiger partial charge in [0.05, 0.1) is 11.0 Å². The third kappa shape index (κ3) is 5.20. The van der Waals surface area contributed by atoms with Crippen molar-refractivity contribution in [3.63, 3.8) is 0 Å². The molecule has 1 amide bonds. The zero-order valence-electron chi connectivity index (χ0n) is 25.5. The quantitative estimate of drug-likeness (QED) is 0.155. The van der Waals surface area contributed by atoms with E-state index >= 15 is 0 Å². The normalized spacial score (nSPS) is 28.4. The number of phenolic OH excluding ortho intramolecular Hbond substituents is 1. The van der Waals surface area contributed by atoms with Gasteiger partial charge < -0.3 is 45.1 Å². The van der Waals surface area contributed by atoms with Gasteiger partial charge in [-0.1, -0.05) is 6.07 Å².